The molecule has 0 bridgehead atoms. The fourth-order valence-electron chi connectivity index (χ4n) is 1.82. The van der Waals surface area contributed by atoms with Crippen LogP contribution in [-0.2, 0) is 0 Å². The number of phenolic OH excluding ortho intramolecular Hbond substituents is 1. The minimum Gasteiger partial charge on any atom is -0.508 e. The average Bonchev–Trinajstić information content (AvgIpc) is 2.38. The van der Waals surface area contributed by atoms with Crippen molar-refractivity contribution in [2.75, 3.05) is 7.11 Å². The molecule has 0 aliphatic carbocycles. The lowest BCUT2D eigenvalue weighted by molar-refractivity contribution is -0.274. The third-order valence-corrected chi connectivity index (χ3v) is 2.66. The summed E-state index contributed by atoms with van der Waals surface area (Å²) < 4.78 is 59.9. The van der Waals surface area contributed by atoms with Gasteiger partial charge in [-0.2, -0.15) is 0 Å². The second-order valence-corrected chi connectivity index (χ2v) is 4.05. The number of benzene rings is 2. The molecular formula is C14H10F4O3. The van der Waals surface area contributed by atoms with Gasteiger partial charge in [-0.1, -0.05) is 12.1 Å². The van der Waals surface area contributed by atoms with Gasteiger partial charge in [0.05, 0.1) is 7.11 Å². The summed E-state index contributed by atoms with van der Waals surface area (Å²) >= 11 is 0. The van der Waals surface area contributed by atoms with Crippen molar-refractivity contribution >= 4 is 0 Å². The molecule has 1 N–H and O–H groups in total. The Kier molecular flexibility index (Phi) is 3.93. The lowest BCUT2D eigenvalue weighted by atomic mass is 10.0. The van der Waals surface area contributed by atoms with Crippen molar-refractivity contribution in [3.63, 3.8) is 0 Å². The summed E-state index contributed by atoms with van der Waals surface area (Å²) in [6.45, 7) is 0. The predicted molar refractivity (Wildman–Crippen MR) is 66.7 cm³/mol. The van der Waals surface area contributed by atoms with Gasteiger partial charge >= 0.3 is 6.36 Å². The van der Waals surface area contributed by atoms with Crippen molar-refractivity contribution in [3.05, 3.63) is 42.2 Å². The van der Waals surface area contributed by atoms with Gasteiger partial charge in [0.25, 0.3) is 0 Å². The van der Waals surface area contributed by atoms with E-state index in [0.717, 1.165) is 18.2 Å². The molecule has 0 heterocycles. The molecular weight excluding hydrogens is 292 g/mol. The SMILES string of the molecule is COc1cccc(-c2ccc(O)cc2OC(F)(F)F)c1F. The van der Waals surface area contributed by atoms with E-state index < -0.39 is 23.7 Å². The van der Waals surface area contributed by atoms with Crippen LogP contribution in [0.4, 0.5) is 17.6 Å². The van der Waals surface area contributed by atoms with Gasteiger partial charge in [0, 0.05) is 17.2 Å². The number of aromatic hydroxyl groups is 1. The predicted octanol–water partition coefficient (Wildman–Crippen LogP) is 4.11. The van der Waals surface area contributed by atoms with Crippen LogP contribution in [0.25, 0.3) is 11.1 Å². The van der Waals surface area contributed by atoms with E-state index in [4.69, 9.17) is 4.74 Å². The minimum atomic E-state index is -4.96. The number of rotatable bonds is 3. The molecule has 2 aromatic carbocycles. The molecule has 2 rings (SSSR count). The molecule has 112 valence electrons. The molecule has 0 atom stereocenters. The molecule has 0 radical (unpaired) electrons. The lowest BCUT2D eigenvalue weighted by Crippen LogP contribution is -2.17. The van der Waals surface area contributed by atoms with Crippen LogP contribution in [-0.4, -0.2) is 18.6 Å². The van der Waals surface area contributed by atoms with Crippen molar-refractivity contribution in [2.24, 2.45) is 0 Å². The quantitative estimate of drug-likeness (QED) is 0.867. The maximum atomic E-state index is 14.1. The second-order valence-electron chi connectivity index (χ2n) is 4.05. The van der Waals surface area contributed by atoms with Gasteiger partial charge in [-0.25, -0.2) is 4.39 Å². The topological polar surface area (TPSA) is 38.7 Å². The molecule has 0 amide bonds. The molecule has 0 aromatic heterocycles. The van der Waals surface area contributed by atoms with Crippen LogP contribution < -0.4 is 9.47 Å². The van der Waals surface area contributed by atoms with Crippen molar-refractivity contribution in [1.82, 2.24) is 0 Å². The van der Waals surface area contributed by atoms with Gasteiger partial charge in [0.1, 0.15) is 11.5 Å². The number of methoxy groups -OCH3 is 1. The second kappa shape index (κ2) is 5.51. The molecule has 7 heteroatoms. The molecule has 2 aromatic rings. The monoisotopic (exact) mass is 302 g/mol. The molecule has 0 unspecified atom stereocenters. The molecule has 0 saturated carbocycles. The van der Waals surface area contributed by atoms with Crippen molar-refractivity contribution in [2.45, 2.75) is 6.36 Å². The zero-order chi connectivity index (χ0) is 15.6. The number of ether oxygens (including phenoxy) is 2. The van der Waals surface area contributed by atoms with Crippen LogP contribution in [0.2, 0.25) is 0 Å². The fourth-order valence-corrected chi connectivity index (χ4v) is 1.82. The summed E-state index contributed by atoms with van der Waals surface area (Å²) in [7, 11) is 1.24. The number of phenols is 1. The van der Waals surface area contributed by atoms with Crippen molar-refractivity contribution in [3.8, 4) is 28.4 Å². The Morgan fingerprint density at radius 3 is 2.33 bits per heavy atom. The van der Waals surface area contributed by atoms with Gasteiger partial charge in [0.2, 0.25) is 0 Å². The molecule has 0 fully saturated rings. The third-order valence-electron chi connectivity index (χ3n) is 2.66. The van der Waals surface area contributed by atoms with E-state index in [1.807, 2.05) is 0 Å². The first-order valence-electron chi connectivity index (χ1n) is 5.73. The smallest absolute Gasteiger partial charge is 0.508 e. The Bertz CT molecular complexity index is 653. The zero-order valence-corrected chi connectivity index (χ0v) is 10.7. The molecule has 0 aliphatic rings. The van der Waals surface area contributed by atoms with Crippen LogP contribution >= 0.6 is 0 Å². The summed E-state index contributed by atoms with van der Waals surface area (Å²) in [5.41, 5.74) is -0.282. The number of halogens is 4. The lowest BCUT2D eigenvalue weighted by Gasteiger charge is -2.15. The Balaban J connectivity index is 2.59. The van der Waals surface area contributed by atoms with E-state index in [2.05, 4.69) is 4.74 Å². The van der Waals surface area contributed by atoms with Crippen LogP contribution in [0.3, 0.4) is 0 Å². The van der Waals surface area contributed by atoms with Crippen LogP contribution in [0.5, 0.6) is 17.2 Å². The van der Waals surface area contributed by atoms with E-state index in [1.165, 1.54) is 25.3 Å². The summed E-state index contributed by atoms with van der Waals surface area (Å²) in [5, 5.41) is 9.29. The average molecular weight is 302 g/mol. The Morgan fingerprint density at radius 2 is 1.71 bits per heavy atom. The first-order chi connectivity index (χ1) is 9.81. The number of hydrogen-bond acceptors (Lipinski definition) is 3. The number of hydrogen-bond donors (Lipinski definition) is 1. The Labute approximate surface area is 117 Å². The van der Waals surface area contributed by atoms with Crippen LogP contribution in [0, 0.1) is 5.82 Å². The highest BCUT2D eigenvalue weighted by Crippen LogP contribution is 2.39. The van der Waals surface area contributed by atoms with Gasteiger partial charge in [-0.3, -0.25) is 0 Å². The normalized spacial score (nSPS) is 11.3. The molecule has 0 aliphatic heterocycles. The summed E-state index contributed by atoms with van der Waals surface area (Å²) in [6.07, 6.45) is -4.96. The Hall–Kier alpha value is -2.44. The maximum Gasteiger partial charge on any atom is 0.573 e. The summed E-state index contributed by atoms with van der Waals surface area (Å²) in [6, 6.07) is 7.09. The van der Waals surface area contributed by atoms with Gasteiger partial charge in [-0.15, -0.1) is 13.2 Å². The molecule has 0 spiro atoms. The van der Waals surface area contributed by atoms with E-state index in [0.29, 0.717) is 0 Å². The first kappa shape index (κ1) is 15.0. The highest BCUT2D eigenvalue weighted by atomic mass is 19.4. The van der Waals surface area contributed by atoms with E-state index in [1.54, 1.807) is 0 Å². The van der Waals surface area contributed by atoms with Crippen LogP contribution in [0.15, 0.2) is 36.4 Å². The van der Waals surface area contributed by atoms with Gasteiger partial charge in [-0.05, 0) is 18.2 Å². The highest BCUT2D eigenvalue weighted by Gasteiger charge is 2.32. The molecule has 21 heavy (non-hydrogen) atoms. The first-order valence-corrected chi connectivity index (χ1v) is 5.73. The minimum absolute atomic E-state index is 0.112. The maximum absolute atomic E-state index is 14.1. The zero-order valence-electron chi connectivity index (χ0n) is 10.7. The number of alkyl halides is 3. The van der Waals surface area contributed by atoms with Gasteiger partial charge < -0.3 is 14.6 Å². The fraction of sp³-hybridized carbons (Fsp3) is 0.143. The Morgan fingerprint density at radius 1 is 1.00 bits per heavy atom. The van der Waals surface area contributed by atoms with E-state index in [-0.39, 0.29) is 16.9 Å². The van der Waals surface area contributed by atoms with Gasteiger partial charge in [0.15, 0.2) is 11.6 Å². The molecule has 3 nitrogen and oxygen atoms in total. The van der Waals surface area contributed by atoms with Crippen molar-refractivity contribution in [1.29, 1.82) is 0 Å². The summed E-state index contributed by atoms with van der Waals surface area (Å²) in [4.78, 5) is 0. The van der Waals surface area contributed by atoms with E-state index in [9.17, 15) is 22.7 Å². The highest BCUT2D eigenvalue weighted by molar-refractivity contribution is 5.73. The van der Waals surface area contributed by atoms with Crippen molar-refractivity contribution < 1.29 is 32.1 Å². The third kappa shape index (κ3) is 3.36. The van der Waals surface area contributed by atoms with E-state index >= 15 is 0 Å². The summed E-state index contributed by atoms with van der Waals surface area (Å²) in [5.74, 6) is -2.06. The molecule has 0 saturated heterocycles. The van der Waals surface area contributed by atoms with Crippen LogP contribution in [0.1, 0.15) is 0 Å². The standard InChI is InChI=1S/C14H10F4O3/c1-20-11-4-2-3-10(13(11)15)9-6-5-8(19)7-12(9)21-14(16,17)18/h2-7,19H,1H3. The largest absolute Gasteiger partial charge is 0.573 e.